The second-order valence-corrected chi connectivity index (χ2v) is 5.90. The van der Waals surface area contributed by atoms with Crippen LogP contribution in [-0.2, 0) is 6.42 Å². The van der Waals surface area contributed by atoms with E-state index in [0.29, 0.717) is 34.5 Å². The van der Waals surface area contributed by atoms with Gasteiger partial charge in [-0.25, -0.2) is 9.67 Å². The van der Waals surface area contributed by atoms with Crippen LogP contribution in [0.1, 0.15) is 30.3 Å². The molecule has 2 N–H and O–H groups in total. The molecule has 0 radical (unpaired) electrons. The highest BCUT2D eigenvalue weighted by molar-refractivity contribution is 6.37. The van der Waals surface area contributed by atoms with E-state index in [-0.39, 0.29) is 30.2 Å². The number of nitrogens with one attached hydrogen (secondary N) is 2. The normalized spacial score (nSPS) is 11.7. The largest absolute Gasteiger partial charge is 0.348 e. The Morgan fingerprint density at radius 1 is 1.33 bits per heavy atom. The van der Waals surface area contributed by atoms with Crippen LogP contribution in [0.15, 0.2) is 18.2 Å². The molecule has 0 saturated carbocycles. The van der Waals surface area contributed by atoms with Crippen LogP contribution in [-0.4, -0.2) is 40.3 Å². The summed E-state index contributed by atoms with van der Waals surface area (Å²) in [6.45, 7) is 4.38. The molecule has 132 valence electrons. The number of para-hydroxylation sites is 1. The van der Waals surface area contributed by atoms with Crippen molar-refractivity contribution in [2.24, 2.45) is 0 Å². The molecule has 1 atom stereocenters. The van der Waals surface area contributed by atoms with Gasteiger partial charge in [-0.2, -0.15) is 0 Å². The first-order chi connectivity index (χ1) is 11.0. The molecule has 1 aromatic heterocycles. The molecule has 0 aliphatic carbocycles. The molecule has 1 aromatic carbocycles. The first-order valence-electron chi connectivity index (χ1n) is 7.33. The van der Waals surface area contributed by atoms with Gasteiger partial charge in [0.25, 0.3) is 5.91 Å². The fraction of sp³-hybridized carbons (Fsp3) is 0.400. The van der Waals surface area contributed by atoms with Crippen molar-refractivity contribution in [3.05, 3.63) is 39.9 Å². The summed E-state index contributed by atoms with van der Waals surface area (Å²) in [5.74, 6) is 0.386. The lowest BCUT2D eigenvalue weighted by molar-refractivity contribution is 0.0940. The number of hydrogen-bond acceptors (Lipinski definition) is 4. The van der Waals surface area contributed by atoms with Crippen molar-refractivity contribution in [2.75, 3.05) is 13.6 Å². The zero-order valence-electron chi connectivity index (χ0n) is 13.6. The van der Waals surface area contributed by atoms with Crippen molar-refractivity contribution in [1.82, 2.24) is 25.4 Å². The summed E-state index contributed by atoms with van der Waals surface area (Å²) in [6, 6.07) is 5.35. The van der Waals surface area contributed by atoms with E-state index < -0.39 is 0 Å². The lowest BCUT2D eigenvalue weighted by Crippen LogP contribution is -2.37. The van der Waals surface area contributed by atoms with E-state index in [1.54, 1.807) is 18.2 Å². The molecule has 1 unspecified atom stereocenters. The van der Waals surface area contributed by atoms with Gasteiger partial charge >= 0.3 is 0 Å². The summed E-state index contributed by atoms with van der Waals surface area (Å²) in [7, 11) is 1.83. The number of hydrogen-bond donors (Lipinski definition) is 2. The number of aryl methyl sites for hydroxylation is 1. The van der Waals surface area contributed by atoms with Gasteiger partial charge in [0.1, 0.15) is 11.5 Å². The van der Waals surface area contributed by atoms with E-state index in [0.717, 1.165) is 0 Å². The topological polar surface area (TPSA) is 71.8 Å². The number of amides is 1. The first kappa shape index (κ1) is 20.7. The van der Waals surface area contributed by atoms with Crippen LogP contribution in [0.3, 0.4) is 0 Å². The highest BCUT2D eigenvalue weighted by Gasteiger charge is 2.19. The van der Waals surface area contributed by atoms with Crippen molar-refractivity contribution in [2.45, 2.75) is 26.3 Å². The maximum Gasteiger partial charge on any atom is 0.291 e. The van der Waals surface area contributed by atoms with Crippen LogP contribution in [0.25, 0.3) is 5.69 Å². The van der Waals surface area contributed by atoms with Gasteiger partial charge in [-0.05, 0) is 26.1 Å². The summed E-state index contributed by atoms with van der Waals surface area (Å²) < 4.78 is 1.53. The first-order valence-corrected chi connectivity index (χ1v) is 8.09. The number of nitrogens with zero attached hydrogens (tertiary/aromatic N) is 3. The number of likely N-dealkylation sites (N-methyl/N-ethyl adjacent to an activating group) is 1. The van der Waals surface area contributed by atoms with E-state index >= 15 is 0 Å². The van der Waals surface area contributed by atoms with E-state index in [1.807, 2.05) is 20.9 Å². The smallest absolute Gasteiger partial charge is 0.291 e. The van der Waals surface area contributed by atoms with Gasteiger partial charge in [-0.1, -0.05) is 36.2 Å². The summed E-state index contributed by atoms with van der Waals surface area (Å²) in [4.78, 5) is 16.5. The van der Waals surface area contributed by atoms with E-state index in [2.05, 4.69) is 20.7 Å². The van der Waals surface area contributed by atoms with Crippen molar-refractivity contribution in [1.29, 1.82) is 0 Å². The van der Waals surface area contributed by atoms with Crippen LogP contribution < -0.4 is 10.6 Å². The predicted molar refractivity (Wildman–Crippen MR) is 98.9 cm³/mol. The average molecular weight is 393 g/mol. The fourth-order valence-electron chi connectivity index (χ4n) is 1.97. The van der Waals surface area contributed by atoms with Crippen molar-refractivity contribution >= 4 is 41.5 Å². The fourth-order valence-corrected chi connectivity index (χ4v) is 2.52. The Morgan fingerprint density at radius 3 is 2.50 bits per heavy atom. The molecule has 9 heteroatoms. The monoisotopic (exact) mass is 391 g/mol. The number of benzene rings is 1. The highest BCUT2D eigenvalue weighted by atomic mass is 35.5. The SMILES string of the molecule is CCc1nc(C(=O)NCC(C)NC)nn1-c1c(Cl)cccc1Cl.Cl. The zero-order chi connectivity index (χ0) is 17.0. The van der Waals surface area contributed by atoms with Crippen LogP contribution in [0.5, 0.6) is 0 Å². The number of rotatable bonds is 6. The average Bonchev–Trinajstić information content (AvgIpc) is 2.96. The van der Waals surface area contributed by atoms with E-state index in [4.69, 9.17) is 23.2 Å². The summed E-state index contributed by atoms with van der Waals surface area (Å²) >= 11 is 12.4. The molecule has 0 spiro atoms. The molecule has 1 amide bonds. The minimum atomic E-state index is -0.330. The molecule has 0 aliphatic heterocycles. The highest BCUT2D eigenvalue weighted by Crippen LogP contribution is 2.28. The molecule has 24 heavy (non-hydrogen) atoms. The second-order valence-electron chi connectivity index (χ2n) is 5.09. The number of carbonyl (C=O) groups is 1. The van der Waals surface area contributed by atoms with Gasteiger partial charge in [-0.15, -0.1) is 17.5 Å². The second kappa shape index (κ2) is 9.22. The lowest BCUT2D eigenvalue weighted by Gasteiger charge is -2.10. The third-order valence-electron chi connectivity index (χ3n) is 3.40. The molecule has 1 heterocycles. The van der Waals surface area contributed by atoms with Gasteiger partial charge in [0.05, 0.1) is 10.0 Å². The molecule has 0 saturated heterocycles. The quantitative estimate of drug-likeness (QED) is 0.793. The van der Waals surface area contributed by atoms with Gasteiger partial charge in [0.2, 0.25) is 5.82 Å². The Hall–Kier alpha value is -1.34. The van der Waals surface area contributed by atoms with Gasteiger partial charge < -0.3 is 10.6 Å². The van der Waals surface area contributed by atoms with Crippen LogP contribution in [0, 0.1) is 0 Å². The molecular formula is C15H20Cl3N5O. The predicted octanol–water partition coefficient (Wildman–Crippen LogP) is 2.90. The maximum atomic E-state index is 12.2. The molecule has 6 nitrogen and oxygen atoms in total. The van der Waals surface area contributed by atoms with Crippen LogP contribution in [0.2, 0.25) is 10.0 Å². The van der Waals surface area contributed by atoms with E-state index in [1.165, 1.54) is 4.68 Å². The van der Waals surface area contributed by atoms with Crippen molar-refractivity contribution < 1.29 is 4.79 Å². The molecule has 0 aliphatic rings. The molecule has 0 fully saturated rings. The van der Waals surface area contributed by atoms with Crippen molar-refractivity contribution in [3.8, 4) is 5.69 Å². The summed E-state index contributed by atoms with van der Waals surface area (Å²) in [5, 5.41) is 11.0. The van der Waals surface area contributed by atoms with Crippen molar-refractivity contribution in [3.63, 3.8) is 0 Å². The standard InChI is InChI=1S/C15H19Cl2N5O.ClH/c1-4-12-20-14(15(23)19-8-9(2)18-3)21-22(12)13-10(16)6-5-7-11(13)17;/h5-7,9,18H,4,8H2,1-3H3,(H,19,23);1H. The third-order valence-corrected chi connectivity index (χ3v) is 4.01. The Labute approximate surface area is 157 Å². The lowest BCUT2D eigenvalue weighted by atomic mass is 10.3. The molecular weight excluding hydrogens is 373 g/mol. The van der Waals surface area contributed by atoms with Gasteiger partial charge in [0, 0.05) is 19.0 Å². The molecule has 2 aromatic rings. The molecule has 0 bridgehead atoms. The third kappa shape index (κ3) is 4.60. The Kier molecular flexibility index (Phi) is 7.96. The summed E-state index contributed by atoms with van der Waals surface area (Å²) in [6.07, 6.45) is 0.592. The Bertz CT molecular complexity index is 684. The maximum absolute atomic E-state index is 12.2. The van der Waals surface area contributed by atoms with Gasteiger partial charge in [0.15, 0.2) is 0 Å². The Balaban J connectivity index is 0.00000288. The van der Waals surface area contributed by atoms with E-state index in [9.17, 15) is 4.79 Å². The minimum absolute atomic E-state index is 0. The van der Waals surface area contributed by atoms with Crippen LogP contribution >= 0.6 is 35.6 Å². The Morgan fingerprint density at radius 2 is 1.96 bits per heavy atom. The van der Waals surface area contributed by atoms with Gasteiger partial charge in [-0.3, -0.25) is 4.79 Å². The number of carbonyl (C=O) groups excluding carboxylic acids is 1. The number of aromatic nitrogens is 3. The number of halogens is 3. The van der Waals surface area contributed by atoms with Crippen LogP contribution in [0.4, 0.5) is 0 Å². The summed E-state index contributed by atoms with van der Waals surface area (Å²) in [5.41, 5.74) is 0.530. The zero-order valence-corrected chi connectivity index (χ0v) is 16.0. The molecule has 2 rings (SSSR count). The minimum Gasteiger partial charge on any atom is -0.348 e.